The molecule has 0 amide bonds. The molecule has 1 saturated heterocycles. The van der Waals surface area contributed by atoms with E-state index in [1.54, 1.807) is 6.07 Å². The first kappa shape index (κ1) is 24.1. The second-order valence-electron chi connectivity index (χ2n) is 7.22. The molecular weight excluding hydrogens is 473 g/mol. The number of hydrogen-bond acceptors (Lipinski definition) is 7. The van der Waals surface area contributed by atoms with Gasteiger partial charge in [0.15, 0.2) is 9.84 Å². The zero-order valence-corrected chi connectivity index (χ0v) is 17.8. The van der Waals surface area contributed by atoms with Crippen molar-refractivity contribution in [3.8, 4) is 6.07 Å². The second-order valence-corrected chi connectivity index (χ2v) is 11.3. The Hall–Kier alpha value is -2.50. The highest BCUT2D eigenvalue weighted by Crippen LogP contribution is 2.36. The number of nitriles is 1. The topological polar surface area (TPSA) is 136 Å². The molecule has 1 fully saturated rings. The van der Waals surface area contributed by atoms with Gasteiger partial charge in [0.1, 0.15) is 16.9 Å². The van der Waals surface area contributed by atoms with Gasteiger partial charge in [-0.25, -0.2) is 16.8 Å². The minimum Gasteiger partial charge on any atom is -0.393 e. The molecule has 3 rings (SSSR count). The highest BCUT2D eigenvalue weighted by atomic mass is 32.2. The fourth-order valence-electron chi connectivity index (χ4n) is 3.47. The van der Waals surface area contributed by atoms with Gasteiger partial charge in [-0.1, -0.05) is 12.1 Å². The van der Waals surface area contributed by atoms with Gasteiger partial charge in [-0.05, 0) is 36.4 Å². The Kier molecular flexibility index (Phi) is 6.13. The molecule has 0 saturated carbocycles. The molecule has 2 aromatic carbocycles. The number of aliphatic hydroxyl groups is 2. The summed E-state index contributed by atoms with van der Waals surface area (Å²) in [6.45, 7) is -2.69. The molecule has 2 aromatic rings. The van der Waals surface area contributed by atoms with E-state index in [1.807, 2.05) is 0 Å². The minimum atomic E-state index is -4.69. The molecule has 32 heavy (non-hydrogen) atoms. The number of aliphatic hydroxyl groups excluding tert-OH is 1. The molecule has 1 unspecified atom stereocenters. The molecule has 0 aliphatic carbocycles. The van der Waals surface area contributed by atoms with E-state index < -0.39 is 71.9 Å². The van der Waals surface area contributed by atoms with Gasteiger partial charge in [-0.15, -0.1) is 0 Å². The highest BCUT2D eigenvalue weighted by Gasteiger charge is 2.55. The van der Waals surface area contributed by atoms with Gasteiger partial charge in [0.2, 0.25) is 10.0 Å². The molecule has 1 aliphatic rings. The summed E-state index contributed by atoms with van der Waals surface area (Å²) in [6.07, 6.45) is -4.69. The maximum atomic E-state index is 13.1. The summed E-state index contributed by atoms with van der Waals surface area (Å²) in [7, 11) is -9.00. The summed E-state index contributed by atoms with van der Waals surface area (Å²) in [4.78, 5) is -0.977. The van der Waals surface area contributed by atoms with Crippen LogP contribution in [0.2, 0.25) is 0 Å². The smallest absolute Gasteiger partial charge is 0.393 e. The van der Waals surface area contributed by atoms with Crippen LogP contribution < -0.4 is 0 Å². The van der Waals surface area contributed by atoms with Crippen LogP contribution in [-0.2, 0) is 26.0 Å². The number of nitrogens with zero attached hydrogens (tertiary/aromatic N) is 2. The fraction of sp³-hybridized carbons (Fsp3) is 0.316. The van der Waals surface area contributed by atoms with Crippen LogP contribution in [0.3, 0.4) is 0 Å². The molecular formula is C19H17F3N2O6S2. The Balaban J connectivity index is 2.02. The van der Waals surface area contributed by atoms with E-state index in [-0.39, 0.29) is 5.56 Å². The van der Waals surface area contributed by atoms with Gasteiger partial charge in [0, 0.05) is 13.1 Å². The molecule has 8 nitrogen and oxygen atoms in total. The first-order valence-electron chi connectivity index (χ1n) is 9.01. The lowest BCUT2D eigenvalue weighted by molar-refractivity contribution is -0.137. The standard InChI is InChI=1S/C19H17F3N2O6S2/c20-19(21,22)14-5-7-15(8-6-14)31(27,28)17-10-24(11-18(17,26)12-25)32(29,30)16-4-2-1-3-13(16)9-23/h1-8,17,25-26H,10-12H2/t17?,18-/m1/s1. The first-order chi connectivity index (χ1) is 14.8. The lowest BCUT2D eigenvalue weighted by Crippen LogP contribution is -2.49. The molecule has 0 spiro atoms. The largest absolute Gasteiger partial charge is 0.416 e. The van der Waals surface area contributed by atoms with Gasteiger partial charge < -0.3 is 10.2 Å². The summed E-state index contributed by atoms with van der Waals surface area (Å²) >= 11 is 0. The van der Waals surface area contributed by atoms with Crippen LogP contribution in [0.5, 0.6) is 0 Å². The van der Waals surface area contributed by atoms with Crippen molar-refractivity contribution < 1.29 is 40.2 Å². The van der Waals surface area contributed by atoms with Crippen LogP contribution >= 0.6 is 0 Å². The molecule has 2 atom stereocenters. The van der Waals surface area contributed by atoms with E-state index >= 15 is 0 Å². The average Bonchev–Trinajstić information content (AvgIpc) is 3.13. The minimum absolute atomic E-state index is 0.200. The molecule has 1 heterocycles. The lowest BCUT2D eigenvalue weighted by Gasteiger charge is -2.26. The first-order valence-corrected chi connectivity index (χ1v) is 12.0. The summed E-state index contributed by atoms with van der Waals surface area (Å²) in [5.41, 5.74) is -3.71. The third kappa shape index (κ3) is 4.12. The van der Waals surface area contributed by atoms with Crippen molar-refractivity contribution in [2.24, 2.45) is 0 Å². The van der Waals surface area contributed by atoms with Crippen LogP contribution in [0.25, 0.3) is 0 Å². The van der Waals surface area contributed by atoms with Crippen molar-refractivity contribution in [3.05, 3.63) is 59.7 Å². The number of sulfonamides is 1. The van der Waals surface area contributed by atoms with E-state index in [1.165, 1.54) is 18.2 Å². The molecule has 0 aromatic heterocycles. The summed E-state index contributed by atoms with van der Waals surface area (Å²) in [6, 6.07) is 9.42. The average molecular weight is 490 g/mol. The number of hydrogen-bond donors (Lipinski definition) is 2. The van der Waals surface area contributed by atoms with Crippen molar-refractivity contribution in [1.29, 1.82) is 5.26 Å². The van der Waals surface area contributed by atoms with Gasteiger partial charge >= 0.3 is 6.18 Å². The van der Waals surface area contributed by atoms with Gasteiger partial charge in [0.25, 0.3) is 0 Å². The number of β-amino-alcohol motifs (C(OH)–C–C–N with tert-alkyl or cyclic N) is 1. The number of benzene rings is 2. The third-order valence-electron chi connectivity index (χ3n) is 5.20. The number of alkyl halides is 3. The predicted octanol–water partition coefficient (Wildman–Crippen LogP) is 1.15. The van der Waals surface area contributed by atoms with Crippen LogP contribution in [0.15, 0.2) is 58.3 Å². The van der Waals surface area contributed by atoms with Crippen molar-refractivity contribution in [1.82, 2.24) is 4.31 Å². The van der Waals surface area contributed by atoms with E-state index in [0.29, 0.717) is 28.6 Å². The Labute approximate surface area is 182 Å². The van der Waals surface area contributed by atoms with Crippen LogP contribution in [-0.4, -0.2) is 61.9 Å². The third-order valence-corrected chi connectivity index (χ3v) is 9.34. The summed E-state index contributed by atoms with van der Waals surface area (Å²) in [5, 5.41) is 27.8. The molecule has 0 bridgehead atoms. The van der Waals surface area contributed by atoms with Crippen molar-refractivity contribution in [2.45, 2.75) is 26.8 Å². The van der Waals surface area contributed by atoms with Gasteiger partial charge in [0.05, 0.1) is 27.5 Å². The van der Waals surface area contributed by atoms with Crippen LogP contribution in [0, 0.1) is 11.3 Å². The zero-order valence-electron chi connectivity index (χ0n) is 16.2. The Morgan fingerprint density at radius 2 is 1.69 bits per heavy atom. The Morgan fingerprint density at radius 3 is 2.22 bits per heavy atom. The normalized spacial score (nSPS) is 22.6. The quantitative estimate of drug-likeness (QED) is 0.642. The van der Waals surface area contributed by atoms with E-state index in [9.17, 15) is 45.5 Å². The zero-order chi connectivity index (χ0) is 23.9. The molecule has 0 radical (unpaired) electrons. The van der Waals surface area contributed by atoms with E-state index in [4.69, 9.17) is 0 Å². The van der Waals surface area contributed by atoms with E-state index in [0.717, 1.165) is 6.07 Å². The van der Waals surface area contributed by atoms with Crippen LogP contribution in [0.4, 0.5) is 13.2 Å². The van der Waals surface area contributed by atoms with E-state index in [2.05, 4.69) is 0 Å². The predicted molar refractivity (Wildman–Crippen MR) is 104 cm³/mol. The van der Waals surface area contributed by atoms with Crippen LogP contribution in [0.1, 0.15) is 11.1 Å². The highest BCUT2D eigenvalue weighted by molar-refractivity contribution is 7.92. The van der Waals surface area contributed by atoms with Crippen molar-refractivity contribution in [2.75, 3.05) is 19.7 Å². The molecule has 13 heteroatoms. The maximum absolute atomic E-state index is 13.1. The summed E-state index contributed by atoms with van der Waals surface area (Å²) in [5.74, 6) is 0. The fourth-order valence-corrected chi connectivity index (χ4v) is 7.17. The maximum Gasteiger partial charge on any atom is 0.416 e. The SMILES string of the molecule is N#Cc1ccccc1S(=O)(=O)N1CC(S(=O)(=O)c2ccc(C(F)(F)F)cc2)[C@](O)(CO)C1. The lowest BCUT2D eigenvalue weighted by atomic mass is 10.1. The van der Waals surface area contributed by atoms with Gasteiger partial charge in [-0.2, -0.15) is 22.7 Å². The monoisotopic (exact) mass is 490 g/mol. The number of rotatable bonds is 5. The summed E-state index contributed by atoms with van der Waals surface area (Å²) < 4.78 is 91.2. The number of halogens is 3. The number of sulfone groups is 1. The van der Waals surface area contributed by atoms with Crippen molar-refractivity contribution in [3.63, 3.8) is 0 Å². The Bertz CT molecular complexity index is 1270. The van der Waals surface area contributed by atoms with Crippen molar-refractivity contribution >= 4 is 19.9 Å². The van der Waals surface area contributed by atoms with Gasteiger partial charge in [-0.3, -0.25) is 0 Å². The molecule has 2 N–H and O–H groups in total. The second kappa shape index (κ2) is 8.13. The molecule has 172 valence electrons. The Morgan fingerprint density at radius 1 is 1.09 bits per heavy atom. The molecule has 1 aliphatic heterocycles.